The molecule has 0 spiro atoms. The smallest absolute Gasteiger partial charge is 0.0463 e. The van der Waals surface area contributed by atoms with Gasteiger partial charge in [0.1, 0.15) is 0 Å². The van der Waals surface area contributed by atoms with Crippen molar-refractivity contribution in [3.8, 4) is 10.4 Å². The summed E-state index contributed by atoms with van der Waals surface area (Å²) in [5.41, 5.74) is 3.82. The molecule has 0 fully saturated rings. The highest BCUT2D eigenvalue weighted by molar-refractivity contribution is 7.13. The number of aryl methyl sites for hydroxylation is 1. The molecular formula is C13H11NS. The molecule has 0 aliphatic heterocycles. The molecule has 2 aromatic heterocycles. The Morgan fingerprint density at radius 3 is 2.93 bits per heavy atom. The highest BCUT2D eigenvalue weighted by Crippen LogP contribution is 2.31. The lowest BCUT2D eigenvalue weighted by Crippen LogP contribution is -1.72. The molecule has 0 aliphatic carbocycles. The summed E-state index contributed by atoms with van der Waals surface area (Å²) in [7, 11) is 0. The lowest BCUT2D eigenvalue weighted by Gasteiger charge is -1.96. The summed E-state index contributed by atoms with van der Waals surface area (Å²) in [5.74, 6) is 0. The van der Waals surface area contributed by atoms with E-state index < -0.39 is 0 Å². The van der Waals surface area contributed by atoms with E-state index in [0.717, 1.165) is 0 Å². The van der Waals surface area contributed by atoms with E-state index in [4.69, 9.17) is 0 Å². The Labute approximate surface area is 92.4 Å². The van der Waals surface area contributed by atoms with Gasteiger partial charge in [-0.05, 0) is 30.0 Å². The third-order valence-electron chi connectivity index (χ3n) is 2.62. The average Bonchev–Trinajstić information content (AvgIpc) is 2.82. The fourth-order valence-electron chi connectivity index (χ4n) is 1.88. The molecule has 0 saturated heterocycles. The number of fused-ring (bicyclic) bond motifs is 1. The van der Waals surface area contributed by atoms with E-state index in [9.17, 15) is 0 Å². The molecule has 15 heavy (non-hydrogen) atoms. The number of H-pyrrole nitrogens is 1. The highest BCUT2D eigenvalue weighted by Gasteiger charge is 2.06. The van der Waals surface area contributed by atoms with Gasteiger partial charge in [-0.3, -0.25) is 0 Å². The molecule has 0 aliphatic rings. The van der Waals surface area contributed by atoms with Crippen LogP contribution in [0.3, 0.4) is 0 Å². The van der Waals surface area contributed by atoms with Crippen LogP contribution in [0, 0.1) is 6.92 Å². The molecule has 0 atom stereocenters. The van der Waals surface area contributed by atoms with Gasteiger partial charge in [-0.1, -0.05) is 18.2 Å². The zero-order valence-corrected chi connectivity index (χ0v) is 9.27. The van der Waals surface area contributed by atoms with Crippen molar-refractivity contribution < 1.29 is 0 Å². The van der Waals surface area contributed by atoms with Crippen molar-refractivity contribution in [3.63, 3.8) is 0 Å². The van der Waals surface area contributed by atoms with Crippen LogP contribution in [0.5, 0.6) is 0 Å². The van der Waals surface area contributed by atoms with Crippen molar-refractivity contribution in [1.29, 1.82) is 0 Å². The Morgan fingerprint density at radius 1 is 1.20 bits per heavy atom. The Morgan fingerprint density at radius 2 is 2.13 bits per heavy atom. The maximum atomic E-state index is 3.32. The van der Waals surface area contributed by atoms with Crippen molar-refractivity contribution in [2.45, 2.75) is 6.92 Å². The monoisotopic (exact) mass is 213 g/mol. The fourth-order valence-corrected chi connectivity index (χ4v) is 2.63. The molecule has 3 aromatic rings. The van der Waals surface area contributed by atoms with E-state index in [1.54, 1.807) is 11.3 Å². The van der Waals surface area contributed by atoms with Crippen molar-refractivity contribution in [2.75, 3.05) is 0 Å². The van der Waals surface area contributed by atoms with Gasteiger partial charge < -0.3 is 4.98 Å². The number of aromatic amines is 1. The number of rotatable bonds is 1. The van der Waals surface area contributed by atoms with Gasteiger partial charge in [0.05, 0.1) is 0 Å². The zero-order chi connectivity index (χ0) is 10.3. The van der Waals surface area contributed by atoms with Crippen molar-refractivity contribution in [2.24, 2.45) is 0 Å². The summed E-state index contributed by atoms with van der Waals surface area (Å²) in [4.78, 5) is 4.65. The number of nitrogens with one attached hydrogen (secondary N) is 1. The lowest BCUT2D eigenvalue weighted by atomic mass is 10.1. The quantitative estimate of drug-likeness (QED) is 0.623. The van der Waals surface area contributed by atoms with E-state index in [1.807, 2.05) is 0 Å². The van der Waals surface area contributed by atoms with Crippen LogP contribution in [-0.2, 0) is 0 Å². The second-order valence-corrected chi connectivity index (χ2v) is 4.68. The first-order valence-corrected chi connectivity index (χ1v) is 5.84. The second-order valence-electron chi connectivity index (χ2n) is 3.73. The number of aromatic nitrogens is 1. The highest BCUT2D eigenvalue weighted by atomic mass is 32.1. The van der Waals surface area contributed by atoms with Crippen molar-refractivity contribution in [3.05, 3.63) is 47.5 Å². The lowest BCUT2D eigenvalue weighted by molar-refractivity contribution is 1.44. The van der Waals surface area contributed by atoms with Gasteiger partial charge in [-0.15, -0.1) is 11.3 Å². The Kier molecular flexibility index (Phi) is 1.89. The Bertz CT molecular complexity index is 590. The summed E-state index contributed by atoms with van der Waals surface area (Å²) >= 11 is 1.78. The van der Waals surface area contributed by atoms with Gasteiger partial charge in [-0.25, -0.2) is 0 Å². The topological polar surface area (TPSA) is 15.8 Å². The summed E-state index contributed by atoms with van der Waals surface area (Å²) < 4.78 is 0. The van der Waals surface area contributed by atoms with Crippen LogP contribution in [0.2, 0.25) is 0 Å². The first-order valence-electron chi connectivity index (χ1n) is 4.96. The van der Waals surface area contributed by atoms with Gasteiger partial charge in [0.25, 0.3) is 0 Å². The SMILES string of the molecule is Cc1ccc2c(-c3cccs3)c[nH]c2c1. The fraction of sp³-hybridized carbons (Fsp3) is 0.0769. The minimum atomic E-state index is 1.22. The van der Waals surface area contributed by atoms with Crippen LogP contribution in [0.1, 0.15) is 5.56 Å². The average molecular weight is 213 g/mol. The summed E-state index contributed by atoms with van der Waals surface area (Å²) in [6.07, 6.45) is 2.09. The van der Waals surface area contributed by atoms with Gasteiger partial charge in [0.2, 0.25) is 0 Å². The van der Waals surface area contributed by atoms with Gasteiger partial charge >= 0.3 is 0 Å². The van der Waals surface area contributed by atoms with E-state index in [0.29, 0.717) is 0 Å². The first-order chi connectivity index (χ1) is 7.34. The molecule has 0 unspecified atom stereocenters. The summed E-state index contributed by atoms with van der Waals surface area (Å²) in [6.45, 7) is 2.12. The molecule has 1 N–H and O–H groups in total. The standard InChI is InChI=1S/C13H11NS/c1-9-4-5-10-11(8-14-12(10)7-9)13-3-2-6-15-13/h2-8,14H,1H3. The number of hydrogen-bond acceptors (Lipinski definition) is 1. The minimum Gasteiger partial charge on any atom is -0.361 e. The second kappa shape index (κ2) is 3.24. The third-order valence-corrected chi connectivity index (χ3v) is 3.53. The van der Waals surface area contributed by atoms with Crippen molar-refractivity contribution >= 4 is 22.2 Å². The Balaban J connectivity index is 2.29. The number of hydrogen-bond donors (Lipinski definition) is 1. The molecule has 2 heteroatoms. The van der Waals surface area contributed by atoms with E-state index in [1.165, 1.54) is 26.9 Å². The normalized spacial score (nSPS) is 11.0. The number of benzene rings is 1. The molecular weight excluding hydrogens is 202 g/mol. The summed E-state index contributed by atoms with van der Waals surface area (Å²) in [6, 6.07) is 10.8. The first kappa shape index (κ1) is 8.74. The molecule has 0 saturated carbocycles. The van der Waals surface area contributed by atoms with Crippen LogP contribution < -0.4 is 0 Å². The van der Waals surface area contributed by atoms with Crippen LogP contribution >= 0.6 is 11.3 Å². The van der Waals surface area contributed by atoms with Gasteiger partial charge in [0.15, 0.2) is 0 Å². The van der Waals surface area contributed by atoms with Crippen LogP contribution in [0.15, 0.2) is 41.9 Å². The minimum absolute atomic E-state index is 1.22. The molecule has 1 aromatic carbocycles. The van der Waals surface area contributed by atoms with Gasteiger partial charge in [0, 0.05) is 27.5 Å². The maximum absolute atomic E-state index is 3.32. The third kappa shape index (κ3) is 1.38. The van der Waals surface area contributed by atoms with E-state index in [-0.39, 0.29) is 0 Å². The van der Waals surface area contributed by atoms with Crippen molar-refractivity contribution in [1.82, 2.24) is 4.98 Å². The van der Waals surface area contributed by atoms with Gasteiger partial charge in [-0.2, -0.15) is 0 Å². The maximum Gasteiger partial charge on any atom is 0.0463 e. The predicted molar refractivity (Wildman–Crippen MR) is 66.3 cm³/mol. The predicted octanol–water partition coefficient (Wildman–Crippen LogP) is 4.20. The number of thiophene rings is 1. The molecule has 0 bridgehead atoms. The molecule has 0 amide bonds. The van der Waals surface area contributed by atoms with Crippen LogP contribution in [0.25, 0.3) is 21.3 Å². The Hall–Kier alpha value is -1.54. The summed E-state index contributed by atoms with van der Waals surface area (Å²) in [5, 5.41) is 3.42. The van der Waals surface area contributed by atoms with Crippen LogP contribution in [0.4, 0.5) is 0 Å². The molecule has 74 valence electrons. The van der Waals surface area contributed by atoms with E-state index in [2.05, 4.69) is 53.8 Å². The molecule has 2 heterocycles. The van der Waals surface area contributed by atoms with Crippen LogP contribution in [-0.4, -0.2) is 4.98 Å². The zero-order valence-electron chi connectivity index (χ0n) is 8.45. The largest absolute Gasteiger partial charge is 0.361 e. The van der Waals surface area contributed by atoms with E-state index >= 15 is 0 Å². The molecule has 0 radical (unpaired) electrons. The molecule has 1 nitrogen and oxygen atoms in total. The molecule has 3 rings (SSSR count).